The van der Waals surface area contributed by atoms with Gasteiger partial charge in [-0.15, -0.1) is 0 Å². The van der Waals surface area contributed by atoms with Crippen molar-refractivity contribution in [1.29, 1.82) is 0 Å². The summed E-state index contributed by atoms with van der Waals surface area (Å²) in [5, 5.41) is 3.50. The van der Waals surface area contributed by atoms with Crippen LogP contribution >= 0.6 is 47.2 Å². The van der Waals surface area contributed by atoms with Gasteiger partial charge in [0.05, 0.1) is 16.0 Å². The molecule has 1 heterocycles. The Morgan fingerprint density at radius 3 is 2.67 bits per heavy atom. The lowest BCUT2D eigenvalue weighted by molar-refractivity contribution is -0.115. The van der Waals surface area contributed by atoms with Crippen molar-refractivity contribution in [3.8, 4) is 0 Å². The minimum absolute atomic E-state index is 0.120. The molecule has 0 spiro atoms. The number of hydrogen-bond donors (Lipinski definition) is 1. The van der Waals surface area contributed by atoms with Crippen LogP contribution in [0.3, 0.4) is 0 Å². The molecule has 1 amide bonds. The molecular weight excluding hydrogens is 347 g/mol. The van der Waals surface area contributed by atoms with Crippen LogP contribution < -0.4 is 5.32 Å². The molecule has 1 saturated heterocycles. The zero-order valence-corrected chi connectivity index (χ0v) is 14.7. The van der Waals surface area contributed by atoms with Crippen LogP contribution in [0.5, 0.6) is 0 Å². The van der Waals surface area contributed by atoms with Gasteiger partial charge in [0.25, 0.3) is 0 Å². The van der Waals surface area contributed by atoms with Crippen LogP contribution in [0.25, 0.3) is 0 Å². The van der Waals surface area contributed by atoms with Gasteiger partial charge in [-0.25, -0.2) is 0 Å². The van der Waals surface area contributed by atoms with Crippen LogP contribution in [0.15, 0.2) is 18.2 Å². The average Bonchev–Trinajstić information content (AvgIpc) is 2.95. The van der Waals surface area contributed by atoms with Gasteiger partial charge in [-0.05, 0) is 38.0 Å². The van der Waals surface area contributed by atoms with Gasteiger partial charge >= 0.3 is 0 Å². The van der Waals surface area contributed by atoms with E-state index in [1.54, 1.807) is 18.2 Å². The average molecular weight is 363 g/mol. The van der Waals surface area contributed by atoms with Gasteiger partial charge in [0, 0.05) is 18.1 Å². The van der Waals surface area contributed by atoms with Crippen LogP contribution in [0, 0.1) is 0 Å². The fraction of sp³-hybridized carbons (Fsp3) is 0.429. The van der Waals surface area contributed by atoms with Crippen molar-refractivity contribution >= 4 is 63.1 Å². The number of halogens is 2. The van der Waals surface area contributed by atoms with Crippen molar-refractivity contribution in [2.45, 2.75) is 25.0 Å². The summed E-state index contributed by atoms with van der Waals surface area (Å²) in [4.78, 5) is 14.4. The number of carbonyl (C=O) groups is 1. The standard InChI is InChI=1S/C14H16Cl2N2OS2/c1-9(21-14(20)18-6-2-3-7-18)13(19)17-12-5-4-10(15)8-11(12)16/h4-5,8-9H,2-3,6-7H2,1H3,(H,17,19)/t9-/m0/s1. The van der Waals surface area contributed by atoms with E-state index in [0.717, 1.165) is 17.4 Å². The fourth-order valence-corrected chi connectivity index (χ4v) is 3.88. The van der Waals surface area contributed by atoms with Crippen LogP contribution in [0.1, 0.15) is 19.8 Å². The highest BCUT2D eigenvalue weighted by atomic mass is 35.5. The molecule has 1 aliphatic heterocycles. The lowest BCUT2D eigenvalue weighted by atomic mass is 10.3. The molecule has 1 N–H and O–H groups in total. The number of thiocarbonyl (C=S) groups is 1. The summed E-state index contributed by atoms with van der Waals surface area (Å²) >= 11 is 18.7. The zero-order valence-electron chi connectivity index (χ0n) is 11.6. The number of nitrogens with one attached hydrogen (secondary N) is 1. The monoisotopic (exact) mass is 362 g/mol. The number of rotatable bonds is 3. The first-order valence-corrected chi connectivity index (χ1v) is 8.73. The molecule has 1 aliphatic rings. The number of carbonyl (C=O) groups excluding carboxylic acids is 1. The van der Waals surface area contributed by atoms with E-state index in [4.69, 9.17) is 35.4 Å². The van der Waals surface area contributed by atoms with E-state index in [2.05, 4.69) is 10.2 Å². The third kappa shape index (κ3) is 4.74. The summed E-state index contributed by atoms with van der Waals surface area (Å²) in [5.41, 5.74) is 0.561. The van der Waals surface area contributed by atoms with Crippen LogP contribution in [0.2, 0.25) is 10.0 Å². The van der Waals surface area contributed by atoms with Crippen molar-refractivity contribution in [2.24, 2.45) is 0 Å². The minimum atomic E-state index is -0.273. The topological polar surface area (TPSA) is 32.3 Å². The Labute approximate surface area is 144 Å². The molecule has 0 unspecified atom stereocenters. The van der Waals surface area contributed by atoms with Gasteiger partial charge in [-0.2, -0.15) is 0 Å². The maximum absolute atomic E-state index is 12.2. The molecule has 0 radical (unpaired) electrons. The molecule has 7 heteroatoms. The van der Waals surface area contributed by atoms with Gasteiger partial charge in [-0.1, -0.05) is 47.2 Å². The molecule has 2 rings (SSSR count). The highest BCUT2D eigenvalue weighted by Gasteiger charge is 2.21. The number of likely N-dealkylation sites (tertiary alicyclic amines) is 1. The quantitative estimate of drug-likeness (QED) is 0.805. The Bertz CT molecular complexity index is 548. The molecular formula is C14H16Cl2N2OS2. The summed E-state index contributed by atoms with van der Waals surface area (Å²) in [5.74, 6) is -0.120. The normalized spacial score (nSPS) is 15.9. The van der Waals surface area contributed by atoms with E-state index < -0.39 is 0 Å². The molecule has 1 aromatic carbocycles. The maximum Gasteiger partial charge on any atom is 0.237 e. The number of thioether (sulfide) groups is 1. The second kappa shape index (κ2) is 7.68. The lowest BCUT2D eigenvalue weighted by Crippen LogP contribution is -2.29. The maximum atomic E-state index is 12.2. The smallest absolute Gasteiger partial charge is 0.237 e. The van der Waals surface area contributed by atoms with Crippen molar-refractivity contribution in [1.82, 2.24) is 4.90 Å². The summed E-state index contributed by atoms with van der Waals surface area (Å²) in [7, 11) is 0. The number of anilines is 1. The third-order valence-electron chi connectivity index (χ3n) is 3.20. The Balaban J connectivity index is 1.91. The molecule has 1 atom stereocenters. The summed E-state index contributed by atoms with van der Waals surface area (Å²) in [6.07, 6.45) is 2.34. The molecule has 1 fully saturated rings. The number of nitrogens with zero attached hydrogens (tertiary/aromatic N) is 1. The van der Waals surface area contributed by atoms with E-state index in [9.17, 15) is 4.79 Å². The van der Waals surface area contributed by atoms with E-state index in [1.807, 2.05) is 6.92 Å². The number of hydrogen-bond acceptors (Lipinski definition) is 3. The second-order valence-electron chi connectivity index (χ2n) is 4.83. The SMILES string of the molecule is C[C@H](SC(=S)N1CCCC1)C(=O)Nc1ccc(Cl)cc1Cl. The summed E-state index contributed by atoms with van der Waals surface area (Å²) < 4.78 is 0.789. The highest BCUT2D eigenvalue weighted by Crippen LogP contribution is 2.27. The number of benzene rings is 1. The summed E-state index contributed by atoms with van der Waals surface area (Å²) in [6.45, 7) is 3.82. The van der Waals surface area contributed by atoms with E-state index in [-0.39, 0.29) is 11.2 Å². The van der Waals surface area contributed by atoms with E-state index >= 15 is 0 Å². The zero-order chi connectivity index (χ0) is 15.4. The molecule has 0 bridgehead atoms. The van der Waals surface area contributed by atoms with Gasteiger partial charge < -0.3 is 10.2 Å². The Kier molecular flexibility index (Phi) is 6.17. The predicted octanol–water partition coefficient (Wildman–Crippen LogP) is 4.43. The van der Waals surface area contributed by atoms with Crippen LogP contribution in [-0.2, 0) is 4.79 Å². The molecule has 1 aromatic rings. The number of amides is 1. The lowest BCUT2D eigenvalue weighted by Gasteiger charge is -2.20. The van der Waals surface area contributed by atoms with E-state index in [0.29, 0.717) is 15.7 Å². The molecule has 3 nitrogen and oxygen atoms in total. The second-order valence-corrected chi connectivity index (χ2v) is 7.65. The molecule has 0 aromatic heterocycles. The van der Waals surface area contributed by atoms with Crippen molar-refractivity contribution in [3.05, 3.63) is 28.2 Å². The van der Waals surface area contributed by atoms with Crippen molar-refractivity contribution < 1.29 is 4.79 Å². The van der Waals surface area contributed by atoms with Crippen molar-refractivity contribution in [2.75, 3.05) is 18.4 Å². The van der Waals surface area contributed by atoms with Gasteiger partial charge in [0.2, 0.25) is 5.91 Å². The first-order valence-electron chi connectivity index (χ1n) is 6.69. The van der Waals surface area contributed by atoms with Gasteiger partial charge in [0.1, 0.15) is 4.32 Å². The molecule has 114 valence electrons. The van der Waals surface area contributed by atoms with E-state index in [1.165, 1.54) is 24.6 Å². The molecule has 0 saturated carbocycles. The Hall–Kier alpha value is -0.490. The predicted molar refractivity (Wildman–Crippen MR) is 95.5 cm³/mol. The first-order chi connectivity index (χ1) is 9.97. The largest absolute Gasteiger partial charge is 0.358 e. The fourth-order valence-electron chi connectivity index (χ4n) is 2.00. The van der Waals surface area contributed by atoms with Crippen molar-refractivity contribution in [3.63, 3.8) is 0 Å². The highest BCUT2D eigenvalue weighted by molar-refractivity contribution is 8.23. The van der Waals surface area contributed by atoms with Crippen LogP contribution in [-0.4, -0.2) is 33.5 Å². The summed E-state index contributed by atoms with van der Waals surface area (Å²) in [6, 6.07) is 4.99. The third-order valence-corrected chi connectivity index (χ3v) is 5.32. The molecule has 0 aliphatic carbocycles. The van der Waals surface area contributed by atoms with Gasteiger partial charge in [0.15, 0.2) is 0 Å². The Morgan fingerprint density at radius 2 is 2.05 bits per heavy atom. The van der Waals surface area contributed by atoms with Gasteiger partial charge in [-0.3, -0.25) is 4.79 Å². The Morgan fingerprint density at radius 1 is 1.38 bits per heavy atom. The minimum Gasteiger partial charge on any atom is -0.358 e. The first kappa shape index (κ1) is 16.9. The molecule has 21 heavy (non-hydrogen) atoms. The van der Waals surface area contributed by atoms with Crippen LogP contribution in [0.4, 0.5) is 5.69 Å².